The number of anilines is 3. The van der Waals surface area contributed by atoms with Crippen molar-refractivity contribution in [2.45, 2.75) is 46.1 Å². The molecule has 2 aliphatic heterocycles. The molecule has 3 aromatic heterocycles. The standard InChI is InChI=1S/C25H33N7O/c1-5-17(3)21-15-30(4)24(33)20-12-18-13-27-25(29-23(18)32(20)21)28-22-7-6-19(14-26-22)31-10-8-16(2)9-11-31/h6-7,12-14,16-17,21H,5,8-11,15H2,1-4H3,(H,26,27,28,29)/t17-,21?/m0/s1. The molecular weight excluding hydrogens is 414 g/mol. The SMILES string of the molecule is CC[C@H](C)C1CN(C)C(=O)c2cc3cnc(Nc4ccc(N5CCC(C)CC5)cn4)nc3n21. The summed E-state index contributed by atoms with van der Waals surface area (Å²) in [5, 5.41) is 4.13. The average molecular weight is 448 g/mol. The summed E-state index contributed by atoms with van der Waals surface area (Å²) in [5.74, 6) is 2.46. The minimum absolute atomic E-state index is 0.0337. The molecule has 5 heterocycles. The zero-order valence-corrected chi connectivity index (χ0v) is 20.0. The minimum Gasteiger partial charge on any atom is -0.370 e. The van der Waals surface area contributed by atoms with Crippen molar-refractivity contribution in [1.29, 1.82) is 0 Å². The van der Waals surface area contributed by atoms with E-state index in [1.54, 1.807) is 6.20 Å². The van der Waals surface area contributed by atoms with Gasteiger partial charge in [-0.05, 0) is 42.9 Å². The van der Waals surface area contributed by atoms with Crippen molar-refractivity contribution in [3.05, 3.63) is 36.3 Å². The van der Waals surface area contributed by atoms with Crippen molar-refractivity contribution in [1.82, 2.24) is 24.4 Å². The van der Waals surface area contributed by atoms with E-state index < -0.39 is 0 Å². The van der Waals surface area contributed by atoms with Gasteiger partial charge in [0.1, 0.15) is 17.2 Å². The number of nitrogens with zero attached hydrogens (tertiary/aromatic N) is 6. The largest absolute Gasteiger partial charge is 0.370 e. The predicted molar refractivity (Wildman–Crippen MR) is 131 cm³/mol. The first-order valence-electron chi connectivity index (χ1n) is 12.1. The van der Waals surface area contributed by atoms with Crippen LogP contribution in [0.25, 0.3) is 11.0 Å². The summed E-state index contributed by atoms with van der Waals surface area (Å²) in [5.41, 5.74) is 2.64. The molecule has 174 valence electrons. The van der Waals surface area contributed by atoms with Crippen LogP contribution in [0.5, 0.6) is 0 Å². The van der Waals surface area contributed by atoms with Gasteiger partial charge in [0.05, 0.1) is 17.9 Å². The lowest BCUT2D eigenvalue weighted by molar-refractivity contribution is 0.0692. The summed E-state index contributed by atoms with van der Waals surface area (Å²) < 4.78 is 2.12. The summed E-state index contributed by atoms with van der Waals surface area (Å²) in [6, 6.07) is 6.20. The van der Waals surface area contributed by atoms with Crippen LogP contribution in [-0.4, -0.2) is 57.0 Å². The molecule has 33 heavy (non-hydrogen) atoms. The second-order valence-electron chi connectivity index (χ2n) is 9.71. The molecule has 0 aliphatic carbocycles. The summed E-state index contributed by atoms with van der Waals surface area (Å²) in [6.07, 6.45) is 7.20. The van der Waals surface area contributed by atoms with E-state index in [0.717, 1.165) is 42.1 Å². The summed E-state index contributed by atoms with van der Waals surface area (Å²) in [4.78, 5) is 30.9. The normalized spacial score (nSPS) is 20.2. The topological polar surface area (TPSA) is 79.2 Å². The Morgan fingerprint density at radius 1 is 1.18 bits per heavy atom. The number of hydrogen-bond donors (Lipinski definition) is 1. The minimum atomic E-state index is 0.0337. The highest BCUT2D eigenvalue weighted by atomic mass is 16.2. The van der Waals surface area contributed by atoms with Gasteiger partial charge in [-0.15, -0.1) is 0 Å². The second kappa shape index (κ2) is 8.65. The number of pyridine rings is 1. The third-order valence-electron chi connectivity index (χ3n) is 7.37. The Morgan fingerprint density at radius 3 is 2.67 bits per heavy atom. The maximum absolute atomic E-state index is 12.8. The first kappa shape index (κ1) is 21.7. The number of carbonyl (C=O) groups is 1. The molecular formula is C25H33N7O. The van der Waals surface area contributed by atoms with Gasteiger partial charge in [0.2, 0.25) is 5.95 Å². The van der Waals surface area contributed by atoms with Crippen LogP contribution in [0.2, 0.25) is 0 Å². The van der Waals surface area contributed by atoms with Crippen molar-refractivity contribution >= 4 is 34.4 Å². The van der Waals surface area contributed by atoms with Crippen LogP contribution < -0.4 is 10.2 Å². The first-order chi connectivity index (χ1) is 15.9. The molecule has 2 aliphatic rings. The molecule has 0 aromatic carbocycles. The average Bonchev–Trinajstić information content (AvgIpc) is 3.21. The fraction of sp³-hybridized carbons (Fsp3) is 0.520. The molecule has 1 amide bonds. The van der Waals surface area contributed by atoms with Gasteiger partial charge in [-0.2, -0.15) is 4.98 Å². The number of amides is 1. The van der Waals surface area contributed by atoms with E-state index in [1.807, 2.05) is 30.3 Å². The van der Waals surface area contributed by atoms with Crippen LogP contribution in [0.4, 0.5) is 17.5 Å². The fourth-order valence-corrected chi connectivity index (χ4v) is 4.94. The zero-order valence-electron chi connectivity index (χ0n) is 20.0. The Hall–Kier alpha value is -3.16. The molecule has 0 spiro atoms. The molecule has 0 bridgehead atoms. The molecule has 2 atom stereocenters. The first-order valence-corrected chi connectivity index (χ1v) is 12.1. The fourth-order valence-electron chi connectivity index (χ4n) is 4.94. The number of hydrogen-bond acceptors (Lipinski definition) is 6. The molecule has 0 saturated carbocycles. The van der Waals surface area contributed by atoms with E-state index in [1.165, 1.54) is 12.8 Å². The van der Waals surface area contributed by atoms with Gasteiger partial charge in [0.15, 0.2) is 0 Å². The van der Waals surface area contributed by atoms with Crippen LogP contribution >= 0.6 is 0 Å². The van der Waals surface area contributed by atoms with E-state index >= 15 is 0 Å². The quantitative estimate of drug-likeness (QED) is 0.621. The molecule has 1 N–H and O–H groups in total. The lowest BCUT2D eigenvalue weighted by Gasteiger charge is -2.35. The Bertz CT molecular complexity index is 1150. The second-order valence-corrected chi connectivity index (χ2v) is 9.71. The lowest BCUT2D eigenvalue weighted by Crippen LogP contribution is -2.42. The van der Waals surface area contributed by atoms with Crippen LogP contribution in [0.15, 0.2) is 30.6 Å². The van der Waals surface area contributed by atoms with Crippen molar-refractivity contribution < 1.29 is 4.79 Å². The maximum Gasteiger partial charge on any atom is 0.270 e. The molecule has 5 rings (SSSR count). The Kier molecular flexibility index (Phi) is 5.68. The van der Waals surface area contributed by atoms with Crippen LogP contribution in [-0.2, 0) is 0 Å². The van der Waals surface area contributed by atoms with Gasteiger partial charge in [0.25, 0.3) is 5.91 Å². The van der Waals surface area contributed by atoms with Gasteiger partial charge in [-0.3, -0.25) is 4.79 Å². The van der Waals surface area contributed by atoms with Gasteiger partial charge < -0.3 is 19.7 Å². The number of aromatic nitrogens is 4. The van der Waals surface area contributed by atoms with Crippen LogP contribution in [0.3, 0.4) is 0 Å². The van der Waals surface area contributed by atoms with E-state index in [0.29, 0.717) is 29.9 Å². The highest BCUT2D eigenvalue weighted by Gasteiger charge is 2.34. The van der Waals surface area contributed by atoms with E-state index in [9.17, 15) is 4.79 Å². The number of nitrogens with one attached hydrogen (secondary N) is 1. The van der Waals surface area contributed by atoms with Crippen molar-refractivity contribution in [3.8, 4) is 0 Å². The van der Waals surface area contributed by atoms with Crippen molar-refractivity contribution in [2.75, 3.05) is 36.9 Å². The third kappa shape index (κ3) is 4.03. The molecule has 1 fully saturated rings. The summed E-state index contributed by atoms with van der Waals surface area (Å²) in [7, 11) is 1.87. The number of rotatable bonds is 5. The van der Waals surface area contributed by atoms with Gasteiger partial charge in [-0.1, -0.05) is 27.2 Å². The Labute approximate surface area is 195 Å². The highest BCUT2D eigenvalue weighted by Crippen LogP contribution is 2.34. The zero-order chi connectivity index (χ0) is 23.1. The molecule has 8 heteroatoms. The van der Waals surface area contributed by atoms with Gasteiger partial charge in [0, 0.05) is 38.3 Å². The lowest BCUT2D eigenvalue weighted by atomic mass is 9.96. The summed E-state index contributed by atoms with van der Waals surface area (Å²) in [6.45, 7) is 9.60. The molecule has 1 saturated heterocycles. The molecule has 1 unspecified atom stereocenters. The Morgan fingerprint density at radius 2 is 1.97 bits per heavy atom. The number of likely N-dealkylation sites (N-methyl/N-ethyl adjacent to an activating group) is 1. The van der Waals surface area contributed by atoms with E-state index in [2.05, 4.69) is 51.6 Å². The molecule has 0 radical (unpaired) electrons. The predicted octanol–water partition coefficient (Wildman–Crippen LogP) is 4.48. The monoisotopic (exact) mass is 447 g/mol. The summed E-state index contributed by atoms with van der Waals surface area (Å²) >= 11 is 0. The van der Waals surface area contributed by atoms with E-state index in [-0.39, 0.29) is 11.9 Å². The highest BCUT2D eigenvalue weighted by molar-refractivity contribution is 5.98. The van der Waals surface area contributed by atoms with Crippen LogP contribution in [0, 0.1) is 11.8 Å². The van der Waals surface area contributed by atoms with Gasteiger partial charge >= 0.3 is 0 Å². The van der Waals surface area contributed by atoms with Crippen molar-refractivity contribution in [3.63, 3.8) is 0 Å². The van der Waals surface area contributed by atoms with E-state index in [4.69, 9.17) is 4.98 Å². The smallest absolute Gasteiger partial charge is 0.270 e. The third-order valence-corrected chi connectivity index (χ3v) is 7.37. The van der Waals surface area contributed by atoms with Crippen LogP contribution in [0.1, 0.15) is 56.6 Å². The van der Waals surface area contributed by atoms with Crippen molar-refractivity contribution in [2.24, 2.45) is 11.8 Å². The maximum atomic E-state index is 12.8. The van der Waals surface area contributed by atoms with Gasteiger partial charge in [-0.25, -0.2) is 9.97 Å². The number of piperidine rings is 1. The number of fused-ring (bicyclic) bond motifs is 3. The Balaban J connectivity index is 1.41. The molecule has 8 nitrogen and oxygen atoms in total. The molecule has 3 aromatic rings. The number of carbonyl (C=O) groups excluding carboxylic acids is 1.